The lowest BCUT2D eigenvalue weighted by Crippen LogP contribution is -2.14. The molecule has 0 aliphatic rings. The smallest absolute Gasteiger partial charge is 0.322 e. The third kappa shape index (κ3) is 3.80. The molecule has 0 saturated heterocycles. The van der Waals surface area contributed by atoms with Crippen LogP contribution in [0.1, 0.15) is 21.1 Å². The van der Waals surface area contributed by atoms with Crippen LogP contribution >= 0.6 is 27.3 Å². The number of aromatic nitrogens is 2. The molecule has 122 valence electrons. The number of hydrogen-bond donors (Lipinski definition) is 1. The third-order valence-corrected chi connectivity index (χ3v) is 4.92. The first kappa shape index (κ1) is 16.6. The van der Waals surface area contributed by atoms with Gasteiger partial charge in [0.1, 0.15) is 5.75 Å². The fraction of sp³-hybridized carbons (Fsp3) is 0.118. The molecule has 2 aromatic heterocycles. The molecule has 0 atom stereocenters. The van der Waals surface area contributed by atoms with Gasteiger partial charge in [-0.2, -0.15) is 9.97 Å². The van der Waals surface area contributed by atoms with E-state index in [4.69, 9.17) is 4.74 Å². The zero-order valence-electron chi connectivity index (χ0n) is 13.0. The zero-order valence-corrected chi connectivity index (χ0v) is 15.4. The molecule has 0 fully saturated rings. The van der Waals surface area contributed by atoms with Crippen LogP contribution in [-0.4, -0.2) is 15.9 Å². The van der Waals surface area contributed by atoms with E-state index in [9.17, 15) is 4.79 Å². The summed E-state index contributed by atoms with van der Waals surface area (Å²) in [4.78, 5) is 21.6. The number of rotatable bonds is 4. The van der Waals surface area contributed by atoms with Crippen LogP contribution in [0.15, 0.2) is 46.3 Å². The van der Waals surface area contributed by atoms with E-state index in [1.165, 1.54) is 11.3 Å². The monoisotopic (exact) mass is 403 g/mol. The molecule has 0 radical (unpaired) electrons. The fourth-order valence-corrected chi connectivity index (χ4v) is 3.43. The Kier molecular flexibility index (Phi) is 4.92. The number of anilines is 1. The van der Waals surface area contributed by atoms with Crippen LogP contribution in [0.5, 0.6) is 11.8 Å². The Bertz CT molecular complexity index is 858. The lowest BCUT2D eigenvalue weighted by Gasteiger charge is -2.12. The molecule has 5 nitrogen and oxygen atoms in total. The minimum Gasteiger partial charge on any atom is -0.424 e. The summed E-state index contributed by atoms with van der Waals surface area (Å²) < 4.78 is 6.53. The van der Waals surface area contributed by atoms with Gasteiger partial charge in [-0.05, 0) is 48.0 Å². The van der Waals surface area contributed by atoms with Crippen molar-refractivity contribution >= 4 is 38.9 Å². The van der Waals surface area contributed by atoms with Crippen molar-refractivity contribution in [1.82, 2.24) is 9.97 Å². The Labute approximate surface area is 151 Å². The number of nitrogens with one attached hydrogen (secondary N) is 1. The summed E-state index contributed by atoms with van der Waals surface area (Å²) in [6, 6.07) is 11.4. The summed E-state index contributed by atoms with van der Waals surface area (Å²) in [7, 11) is 0. The van der Waals surface area contributed by atoms with Crippen LogP contribution in [0.4, 0.5) is 5.69 Å². The maximum absolute atomic E-state index is 12.3. The molecule has 1 N–H and O–H groups in total. The number of ether oxygens (including phenoxy) is 1. The Balaban J connectivity index is 1.81. The Hall–Kier alpha value is -2.25. The van der Waals surface area contributed by atoms with Crippen LogP contribution in [-0.2, 0) is 0 Å². The molecule has 0 saturated carbocycles. The summed E-state index contributed by atoms with van der Waals surface area (Å²) in [6.07, 6.45) is 0. The van der Waals surface area contributed by atoms with Gasteiger partial charge in [-0.25, -0.2) is 0 Å². The number of aryl methyl sites for hydroxylation is 2. The Morgan fingerprint density at radius 2 is 1.83 bits per heavy atom. The van der Waals surface area contributed by atoms with E-state index in [1.54, 1.807) is 6.07 Å². The third-order valence-electron chi connectivity index (χ3n) is 3.23. The first-order valence-corrected chi connectivity index (χ1v) is 8.83. The van der Waals surface area contributed by atoms with E-state index in [0.29, 0.717) is 27.7 Å². The normalized spacial score (nSPS) is 10.5. The molecule has 0 aliphatic carbocycles. The molecule has 3 aromatic rings. The van der Waals surface area contributed by atoms with Gasteiger partial charge in [0.25, 0.3) is 5.91 Å². The number of thiophene rings is 1. The predicted molar refractivity (Wildman–Crippen MR) is 98.0 cm³/mol. The quantitative estimate of drug-likeness (QED) is 0.668. The largest absolute Gasteiger partial charge is 0.424 e. The van der Waals surface area contributed by atoms with Gasteiger partial charge in [-0.1, -0.05) is 18.2 Å². The highest BCUT2D eigenvalue weighted by atomic mass is 79.9. The van der Waals surface area contributed by atoms with Gasteiger partial charge >= 0.3 is 6.01 Å². The van der Waals surface area contributed by atoms with Crippen LogP contribution in [0, 0.1) is 13.8 Å². The first-order chi connectivity index (χ1) is 11.5. The van der Waals surface area contributed by atoms with E-state index in [1.807, 2.05) is 49.6 Å². The predicted octanol–water partition coefficient (Wildman–Crippen LogP) is 4.96. The first-order valence-electron chi connectivity index (χ1n) is 7.16. The molecule has 7 heteroatoms. The van der Waals surface area contributed by atoms with Crippen molar-refractivity contribution in [2.45, 2.75) is 13.8 Å². The number of carbonyl (C=O) groups excluding carboxylic acids is 1. The average molecular weight is 404 g/mol. The van der Waals surface area contributed by atoms with E-state index in [0.717, 1.165) is 4.47 Å². The molecule has 1 aromatic carbocycles. The van der Waals surface area contributed by atoms with Gasteiger partial charge in [-0.3, -0.25) is 4.79 Å². The van der Waals surface area contributed by atoms with Crippen molar-refractivity contribution in [3.05, 3.63) is 62.5 Å². The van der Waals surface area contributed by atoms with Gasteiger partial charge in [0.15, 0.2) is 0 Å². The molecule has 0 aliphatic heterocycles. The molecule has 3 rings (SSSR count). The van der Waals surface area contributed by atoms with Crippen molar-refractivity contribution in [3.63, 3.8) is 0 Å². The highest BCUT2D eigenvalue weighted by Gasteiger charge is 2.15. The molecule has 0 unspecified atom stereocenters. The maximum atomic E-state index is 12.3. The molecule has 0 spiro atoms. The molecule has 2 heterocycles. The number of para-hydroxylation sites is 1. The number of amides is 1. The maximum Gasteiger partial charge on any atom is 0.322 e. The minimum atomic E-state index is -0.183. The second-order valence-corrected chi connectivity index (χ2v) is 6.88. The number of nitrogens with zero attached hydrogens (tertiary/aromatic N) is 2. The minimum absolute atomic E-state index is 0.183. The van der Waals surface area contributed by atoms with E-state index in [2.05, 4.69) is 31.2 Å². The standard InChI is InChI=1S/C17H14BrN3O2S/c1-10-15(21-16(22)14-8-12(18)9-24-14)11(2)20-17(19-10)23-13-6-4-3-5-7-13/h3-9H,1-2H3,(H,21,22). The number of halogens is 1. The zero-order chi connectivity index (χ0) is 17.1. The lowest BCUT2D eigenvalue weighted by atomic mass is 10.2. The molecule has 1 amide bonds. The van der Waals surface area contributed by atoms with Crippen molar-refractivity contribution < 1.29 is 9.53 Å². The average Bonchev–Trinajstić information content (AvgIpc) is 2.98. The summed E-state index contributed by atoms with van der Waals surface area (Å²) in [5.74, 6) is 0.480. The Morgan fingerprint density at radius 1 is 1.17 bits per heavy atom. The molecule has 24 heavy (non-hydrogen) atoms. The molecule has 0 bridgehead atoms. The van der Waals surface area contributed by atoms with Gasteiger partial charge < -0.3 is 10.1 Å². The Morgan fingerprint density at radius 3 is 2.42 bits per heavy atom. The van der Waals surface area contributed by atoms with Crippen molar-refractivity contribution in [2.75, 3.05) is 5.32 Å². The van der Waals surface area contributed by atoms with E-state index < -0.39 is 0 Å². The summed E-state index contributed by atoms with van der Waals surface area (Å²) >= 11 is 4.71. The number of benzene rings is 1. The van der Waals surface area contributed by atoms with E-state index in [-0.39, 0.29) is 11.9 Å². The molecular weight excluding hydrogens is 390 g/mol. The van der Waals surface area contributed by atoms with Gasteiger partial charge in [0.2, 0.25) is 0 Å². The fourth-order valence-electron chi connectivity index (χ4n) is 2.11. The van der Waals surface area contributed by atoms with Crippen LogP contribution in [0.25, 0.3) is 0 Å². The SMILES string of the molecule is Cc1nc(Oc2ccccc2)nc(C)c1NC(=O)c1cc(Br)cs1. The van der Waals surface area contributed by atoms with Crippen molar-refractivity contribution in [3.8, 4) is 11.8 Å². The highest BCUT2D eigenvalue weighted by Crippen LogP contribution is 2.25. The van der Waals surface area contributed by atoms with Crippen LogP contribution in [0.3, 0.4) is 0 Å². The van der Waals surface area contributed by atoms with Crippen molar-refractivity contribution in [1.29, 1.82) is 0 Å². The lowest BCUT2D eigenvalue weighted by molar-refractivity contribution is 0.103. The summed E-state index contributed by atoms with van der Waals surface area (Å²) in [5.41, 5.74) is 1.90. The van der Waals surface area contributed by atoms with E-state index >= 15 is 0 Å². The second-order valence-electron chi connectivity index (χ2n) is 5.05. The highest BCUT2D eigenvalue weighted by molar-refractivity contribution is 9.10. The van der Waals surface area contributed by atoms with Crippen LogP contribution in [0.2, 0.25) is 0 Å². The van der Waals surface area contributed by atoms with Gasteiger partial charge in [0.05, 0.1) is 22.0 Å². The van der Waals surface area contributed by atoms with Gasteiger partial charge in [0, 0.05) is 9.85 Å². The van der Waals surface area contributed by atoms with Gasteiger partial charge in [-0.15, -0.1) is 11.3 Å². The van der Waals surface area contributed by atoms with Crippen molar-refractivity contribution in [2.24, 2.45) is 0 Å². The topological polar surface area (TPSA) is 64.1 Å². The summed E-state index contributed by atoms with van der Waals surface area (Å²) in [6.45, 7) is 3.62. The number of carbonyl (C=O) groups is 1. The summed E-state index contributed by atoms with van der Waals surface area (Å²) in [5, 5.41) is 4.73. The second kappa shape index (κ2) is 7.11. The number of hydrogen-bond acceptors (Lipinski definition) is 5. The van der Waals surface area contributed by atoms with Crippen LogP contribution < -0.4 is 10.1 Å². The molecular formula is C17H14BrN3O2S.